The summed E-state index contributed by atoms with van der Waals surface area (Å²) in [6.07, 6.45) is 0. The topological polar surface area (TPSA) is 46.9 Å². The van der Waals surface area contributed by atoms with Gasteiger partial charge in [0.25, 0.3) is 5.91 Å². The number of imidazole rings is 1. The predicted octanol–water partition coefficient (Wildman–Crippen LogP) is 5.25. The zero-order valence-electron chi connectivity index (χ0n) is 16.6. The van der Waals surface area contributed by atoms with Crippen molar-refractivity contribution in [2.75, 3.05) is 0 Å². The number of fused-ring (bicyclic) bond motifs is 2. The minimum Gasteiger partial charge on any atom is -0.338 e. The molecule has 0 saturated heterocycles. The molecule has 1 atom stereocenters. The summed E-state index contributed by atoms with van der Waals surface area (Å²) in [4.78, 5) is 18.2. The number of hydrogen-bond donors (Lipinski definition) is 1. The number of amides is 1. The van der Waals surface area contributed by atoms with Gasteiger partial charge in [-0.25, -0.2) is 4.98 Å². The SMILES string of the molecule is Cn1c(C(NC(=O)c2cccc3ccccc23)c2ccccc2)nc2ccccc21. The number of aromatic nitrogens is 2. The molecule has 146 valence electrons. The summed E-state index contributed by atoms with van der Waals surface area (Å²) in [5.74, 6) is 0.684. The van der Waals surface area contributed by atoms with Gasteiger partial charge in [-0.3, -0.25) is 4.79 Å². The molecular weight excluding hydrogens is 370 g/mol. The molecule has 1 unspecified atom stereocenters. The highest BCUT2D eigenvalue weighted by Gasteiger charge is 2.23. The Hall–Kier alpha value is -3.92. The summed E-state index contributed by atoms with van der Waals surface area (Å²) in [5, 5.41) is 5.22. The minimum atomic E-state index is -0.366. The molecule has 30 heavy (non-hydrogen) atoms. The van der Waals surface area contributed by atoms with Crippen LogP contribution in [0.25, 0.3) is 21.8 Å². The zero-order chi connectivity index (χ0) is 20.5. The van der Waals surface area contributed by atoms with E-state index in [4.69, 9.17) is 4.98 Å². The Morgan fingerprint density at radius 2 is 1.53 bits per heavy atom. The van der Waals surface area contributed by atoms with E-state index in [1.165, 1.54) is 0 Å². The standard InChI is InChI=1S/C26H21N3O/c1-29-23-17-8-7-16-22(23)27-25(29)24(19-11-3-2-4-12-19)28-26(30)21-15-9-13-18-10-5-6-14-20(18)21/h2-17,24H,1H3,(H,28,30). The molecule has 0 aliphatic carbocycles. The molecule has 4 aromatic carbocycles. The summed E-state index contributed by atoms with van der Waals surface area (Å²) in [5.41, 5.74) is 3.60. The lowest BCUT2D eigenvalue weighted by atomic mass is 10.0. The van der Waals surface area contributed by atoms with Gasteiger partial charge in [0.2, 0.25) is 0 Å². The first kappa shape index (κ1) is 18.1. The van der Waals surface area contributed by atoms with E-state index < -0.39 is 0 Å². The lowest BCUT2D eigenvalue weighted by Gasteiger charge is -2.20. The van der Waals surface area contributed by atoms with Crippen molar-refractivity contribution in [1.29, 1.82) is 0 Å². The highest BCUT2D eigenvalue weighted by atomic mass is 16.1. The van der Waals surface area contributed by atoms with Crippen molar-refractivity contribution in [3.63, 3.8) is 0 Å². The Balaban J connectivity index is 1.61. The van der Waals surface area contributed by atoms with Crippen LogP contribution in [0.3, 0.4) is 0 Å². The highest BCUT2D eigenvalue weighted by molar-refractivity contribution is 6.07. The number of carbonyl (C=O) groups excluding carboxylic acids is 1. The maximum absolute atomic E-state index is 13.4. The molecule has 1 N–H and O–H groups in total. The van der Waals surface area contributed by atoms with Gasteiger partial charge in [-0.2, -0.15) is 0 Å². The van der Waals surface area contributed by atoms with E-state index in [0.29, 0.717) is 5.56 Å². The van der Waals surface area contributed by atoms with E-state index >= 15 is 0 Å². The summed E-state index contributed by atoms with van der Waals surface area (Å²) in [6.45, 7) is 0. The van der Waals surface area contributed by atoms with Crippen molar-refractivity contribution < 1.29 is 4.79 Å². The fourth-order valence-corrected chi connectivity index (χ4v) is 4.00. The van der Waals surface area contributed by atoms with Gasteiger partial charge in [0, 0.05) is 12.6 Å². The molecule has 0 saturated carbocycles. The molecule has 0 spiro atoms. The zero-order valence-corrected chi connectivity index (χ0v) is 16.6. The van der Waals surface area contributed by atoms with Crippen LogP contribution in [0.5, 0.6) is 0 Å². The molecule has 4 nitrogen and oxygen atoms in total. The van der Waals surface area contributed by atoms with Gasteiger partial charge < -0.3 is 9.88 Å². The highest BCUT2D eigenvalue weighted by Crippen LogP contribution is 2.26. The molecule has 0 bridgehead atoms. The van der Waals surface area contributed by atoms with Crippen LogP contribution < -0.4 is 5.32 Å². The lowest BCUT2D eigenvalue weighted by Crippen LogP contribution is -2.31. The molecule has 1 amide bonds. The van der Waals surface area contributed by atoms with Crippen LogP contribution in [0.1, 0.15) is 27.8 Å². The van der Waals surface area contributed by atoms with Crippen molar-refractivity contribution in [3.8, 4) is 0 Å². The van der Waals surface area contributed by atoms with Crippen molar-refractivity contribution in [1.82, 2.24) is 14.9 Å². The lowest BCUT2D eigenvalue weighted by molar-refractivity contribution is 0.0943. The predicted molar refractivity (Wildman–Crippen MR) is 120 cm³/mol. The van der Waals surface area contributed by atoms with E-state index in [2.05, 4.69) is 9.88 Å². The van der Waals surface area contributed by atoms with Gasteiger partial charge in [0.15, 0.2) is 0 Å². The number of nitrogens with zero attached hydrogens (tertiary/aromatic N) is 2. The van der Waals surface area contributed by atoms with Gasteiger partial charge in [0.1, 0.15) is 11.9 Å². The van der Waals surface area contributed by atoms with Crippen LogP contribution in [0, 0.1) is 0 Å². The van der Waals surface area contributed by atoms with Gasteiger partial charge in [-0.05, 0) is 34.5 Å². The maximum atomic E-state index is 13.4. The molecule has 4 heteroatoms. The molecule has 5 aromatic rings. The Morgan fingerprint density at radius 3 is 2.37 bits per heavy atom. The first-order valence-corrected chi connectivity index (χ1v) is 9.97. The fourth-order valence-electron chi connectivity index (χ4n) is 4.00. The van der Waals surface area contributed by atoms with Crippen LogP contribution >= 0.6 is 0 Å². The minimum absolute atomic E-state index is 0.118. The number of nitrogens with one attached hydrogen (secondary N) is 1. The maximum Gasteiger partial charge on any atom is 0.252 e. The molecular formula is C26H21N3O. The number of carbonyl (C=O) groups is 1. The monoisotopic (exact) mass is 391 g/mol. The number of aryl methyl sites for hydroxylation is 1. The Labute approximate surface area is 174 Å². The molecule has 1 aromatic heterocycles. The third kappa shape index (κ3) is 3.12. The van der Waals surface area contributed by atoms with Crippen molar-refractivity contribution in [2.24, 2.45) is 7.05 Å². The average molecular weight is 391 g/mol. The van der Waals surface area contributed by atoms with E-state index in [1.807, 2.05) is 104 Å². The second-order valence-corrected chi connectivity index (χ2v) is 7.36. The van der Waals surface area contributed by atoms with Crippen molar-refractivity contribution in [2.45, 2.75) is 6.04 Å². The van der Waals surface area contributed by atoms with Crippen LogP contribution in [0.2, 0.25) is 0 Å². The van der Waals surface area contributed by atoms with Crippen LogP contribution in [0.15, 0.2) is 97.1 Å². The Morgan fingerprint density at radius 1 is 0.833 bits per heavy atom. The van der Waals surface area contributed by atoms with E-state index in [0.717, 1.165) is 33.2 Å². The molecule has 5 rings (SSSR count). The Bertz CT molecular complexity index is 1350. The fraction of sp³-hybridized carbons (Fsp3) is 0.0769. The molecule has 0 radical (unpaired) electrons. The van der Waals surface area contributed by atoms with E-state index in [-0.39, 0.29) is 11.9 Å². The van der Waals surface area contributed by atoms with Gasteiger partial charge in [-0.1, -0.05) is 78.9 Å². The molecule has 0 fully saturated rings. The normalized spacial score (nSPS) is 12.2. The Kier molecular flexibility index (Phi) is 4.52. The second kappa shape index (κ2) is 7.48. The number of benzene rings is 4. The van der Waals surface area contributed by atoms with E-state index in [9.17, 15) is 4.79 Å². The second-order valence-electron chi connectivity index (χ2n) is 7.36. The number of hydrogen-bond acceptors (Lipinski definition) is 2. The van der Waals surface area contributed by atoms with Crippen LogP contribution in [-0.2, 0) is 7.05 Å². The quantitative estimate of drug-likeness (QED) is 0.455. The van der Waals surface area contributed by atoms with Crippen molar-refractivity contribution >= 4 is 27.7 Å². The van der Waals surface area contributed by atoms with Gasteiger partial charge >= 0.3 is 0 Å². The summed E-state index contributed by atoms with van der Waals surface area (Å²) in [6, 6.07) is 31.4. The third-order valence-electron chi connectivity index (χ3n) is 5.52. The van der Waals surface area contributed by atoms with Gasteiger partial charge in [-0.15, -0.1) is 0 Å². The third-order valence-corrected chi connectivity index (χ3v) is 5.52. The summed E-state index contributed by atoms with van der Waals surface area (Å²) >= 11 is 0. The number of para-hydroxylation sites is 2. The van der Waals surface area contributed by atoms with Crippen LogP contribution in [-0.4, -0.2) is 15.5 Å². The summed E-state index contributed by atoms with van der Waals surface area (Å²) < 4.78 is 2.05. The smallest absolute Gasteiger partial charge is 0.252 e. The first-order valence-electron chi connectivity index (χ1n) is 9.97. The van der Waals surface area contributed by atoms with Crippen LogP contribution in [0.4, 0.5) is 0 Å². The van der Waals surface area contributed by atoms with Crippen molar-refractivity contribution in [3.05, 3.63) is 114 Å². The molecule has 1 heterocycles. The largest absolute Gasteiger partial charge is 0.338 e. The number of rotatable bonds is 4. The average Bonchev–Trinajstić information content (AvgIpc) is 3.14. The first-order chi connectivity index (χ1) is 14.7. The van der Waals surface area contributed by atoms with Gasteiger partial charge in [0.05, 0.1) is 11.0 Å². The summed E-state index contributed by atoms with van der Waals surface area (Å²) in [7, 11) is 1.99. The van der Waals surface area contributed by atoms with E-state index in [1.54, 1.807) is 0 Å². The molecule has 0 aliphatic rings. The molecule has 0 aliphatic heterocycles.